The van der Waals surface area contributed by atoms with E-state index in [1.807, 2.05) is 118 Å². The zero-order valence-corrected chi connectivity index (χ0v) is 53.2. The Morgan fingerprint density at radius 1 is 0.400 bits per heavy atom. The van der Waals surface area contributed by atoms with Gasteiger partial charge in [-0.25, -0.2) is 33.7 Å². The SMILES string of the molecule is CC(=CC=CC=C(C)CC(C=C(C)CC(C1=C(C)CCCC1(C)C)S(=O)(=O)c1ccc(C)cc1)S(=O)(=O)c1ccc(C)cc1)CC(C=C(C)CC(C1=C(C)CCCC1(C)C)S(=O)(=O)c1ccc(C)cc1)S(=O)(=O)c1ccc(C)cc1. The van der Waals surface area contributed by atoms with Crippen LogP contribution >= 0.6 is 0 Å². The van der Waals surface area contributed by atoms with Gasteiger partial charge in [0.2, 0.25) is 0 Å². The summed E-state index contributed by atoms with van der Waals surface area (Å²) in [6.45, 7) is 27.6. The molecule has 0 saturated carbocycles. The predicted molar refractivity (Wildman–Crippen MR) is 332 cm³/mol. The molecule has 2 aliphatic rings. The minimum Gasteiger partial charge on any atom is -0.223 e. The monoisotopic (exact) mass is 1160 g/mol. The van der Waals surface area contributed by atoms with E-state index in [0.29, 0.717) is 11.1 Å². The Morgan fingerprint density at radius 2 is 0.662 bits per heavy atom. The van der Waals surface area contributed by atoms with Crippen molar-refractivity contribution in [2.75, 3.05) is 0 Å². The van der Waals surface area contributed by atoms with Gasteiger partial charge in [-0.3, -0.25) is 0 Å². The van der Waals surface area contributed by atoms with Gasteiger partial charge in [-0.2, -0.15) is 0 Å². The van der Waals surface area contributed by atoms with E-state index in [-0.39, 0.29) is 56.1 Å². The molecule has 0 spiro atoms. The second-order valence-electron chi connectivity index (χ2n) is 24.6. The first-order valence-corrected chi connectivity index (χ1v) is 34.4. The fourth-order valence-corrected chi connectivity index (χ4v) is 19.9. The lowest BCUT2D eigenvalue weighted by Gasteiger charge is -2.39. The van der Waals surface area contributed by atoms with Gasteiger partial charge in [0.25, 0.3) is 0 Å². The van der Waals surface area contributed by atoms with Crippen LogP contribution in [0, 0.1) is 38.5 Å². The van der Waals surface area contributed by atoms with Crippen molar-refractivity contribution >= 4 is 39.3 Å². The summed E-state index contributed by atoms with van der Waals surface area (Å²) in [5, 5.41) is -3.79. The van der Waals surface area contributed by atoms with Crippen molar-refractivity contribution in [3.63, 3.8) is 0 Å². The fourth-order valence-electron chi connectivity index (χ4n) is 12.1. The van der Waals surface area contributed by atoms with Gasteiger partial charge in [-0.15, -0.1) is 0 Å². The molecule has 0 aliphatic heterocycles. The first kappa shape index (κ1) is 64.0. The smallest absolute Gasteiger partial charge is 0.185 e. The summed E-state index contributed by atoms with van der Waals surface area (Å²) in [5.41, 5.74) is 9.87. The van der Waals surface area contributed by atoms with E-state index in [9.17, 15) is 33.7 Å². The summed E-state index contributed by atoms with van der Waals surface area (Å²) in [4.78, 5) is 0.864. The Labute approximate surface area is 482 Å². The quantitative estimate of drug-likeness (QED) is 0.0560. The molecule has 6 rings (SSSR count). The third kappa shape index (κ3) is 15.5. The zero-order valence-electron chi connectivity index (χ0n) is 50.0. The van der Waals surface area contributed by atoms with Crippen molar-refractivity contribution in [2.45, 2.75) is 202 Å². The van der Waals surface area contributed by atoms with E-state index >= 15 is 0 Å². The van der Waals surface area contributed by atoms with Crippen LogP contribution in [0.25, 0.3) is 0 Å². The van der Waals surface area contributed by atoms with Crippen LogP contribution in [0.2, 0.25) is 0 Å². The summed E-state index contributed by atoms with van der Waals surface area (Å²) < 4.78 is 118. The molecule has 4 unspecified atom stereocenters. The highest BCUT2D eigenvalue weighted by Gasteiger charge is 2.43. The standard InChI is InChI=1S/C68H88O8S4/c1-47-23-31-57(32-24-47)77(69,70)61(43-53(7)45-63(65-55(9)21-17-39-67(65,11)12)79(73,74)59-35-27-49(3)28-36-59)41-51(5)19-15-16-20-52(6)42-62(78(71,72)58-33-25-48(2)26-34-58)44-54(8)46-64(66-56(10)22-18-40-68(66,13)14)80(75,76)60-37-29-50(4)30-38-60/h15-16,19-20,23-38,43-44,61-64H,17-18,21-22,39-42,45-46H2,1-14H3. The molecule has 12 heteroatoms. The van der Waals surface area contributed by atoms with Gasteiger partial charge in [-0.1, -0.05) is 168 Å². The van der Waals surface area contributed by atoms with Crippen LogP contribution in [0.1, 0.15) is 156 Å². The van der Waals surface area contributed by atoms with Crippen molar-refractivity contribution in [1.82, 2.24) is 0 Å². The Hall–Kier alpha value is -5.14. The van der Waals surface area contributed by atoms with Crippen molar-refractivity contribution < 1.29 is 33.7 Å². The summed E-state index contributed by atoms with van der Waals surface area (Å²) in [5.74, 6) is 0. The largest absolute Gasteiger partial charge is 0.223 e. The average Bonchev–Trinajstić information content (AvgIpc) is 3.40. The molecule has 4 aromatic rings. The maximum atomic E-state index is 14.8. The topological polar surface area (TPSA) is 137 Å². The second-order valence-corrected chi connectivity index (χ2v) is 33.2. The molecule has 0 heterocycles. The molecular formula is C68H88O8S4. The molecule has 0 N–H and O–H groups in total. The second kappa shape index (κ2) is 26.0. The zero-order chi connectivity index (χ0) is 59.2. The lowest BCUT2D eigenvalue weighted by Crippen LogP contribution is -2.35. The summed E-state index contributed by atoms with van der Waals surface area (Å²) >= 11 is 0. The Bertz CT molecular complexity index is 3330. The number of allylic oxidation sites excluding steroid dienone is 10. The summed E-state index contributed by atoms with van der Waals surface area (Å²) in [6.07, 6.45) is 16.7. The molecule has 0 amide bonds. The van der Waals surface area contributed by atoms with Gasteiger partial charge in [0, 0.05) is 0 Å². The van der Waals surface area contributed by atoms with Gasteiger partial charge >= 0.3 is 0 Å². The van der Waals surface area contributed by atoms with E-state index < -0.39 is 60.3 Å². The first-order chi connectivity index (χ1) is 37.3. The summed E-state index contributed by atoms with van der Waals surface area (Å²) in [6, 6.07) is 27.6. The molecule has 0 bridgehead atoms. The fraction of sp³-hybridized carbons (Fsp3) is 0.441. The molecule has 4 atom stereocenters. The highest BCUT2D eigenvalue weighted by Crippen LogP contribution is 2.48. The molecule has 0 radical (unpaired) electrons. The van der Waals surface area contributed by atoms with Gasteiger partial charge in [-0.05, 0) is 204 Å². The van der Waals surface area contributed by atoms with Crippen molar-refractivity contribution in [1.29, 1.82) is 0 Å². The minimum atomic E-state index is -3.96. The molecule has 8 nitrogen and oxygen atoms in total. The van der Waals surface area contributed by atoms with Crippen LogP contribution < -0.4 is 0 Å². The number of sulfone groups is 4. The third-order valence-electron chi connectivity index (χ3n) is 16.5. The highest BCUT2D eigenvalue weighted by molar-refractivity contribution is 7.93. The van der Waals surface area contributed by atoms with Crippen molar-refractivity contribution in [2.24, 2.45) is 10.8 Å². The average molecular weight is 1160 g/mol. The normalized spacial score (nSPS) is 18.8. The maximum absolute atomic E-state index is 14.8. The minimum absolute atomic E-state index is 0.136. The van der Waals surface area contributed by atoms with Gasteiger partial charge in [0.1, 0.15) is 0 Å². The number of hydrogen-bond acceptors (Lipinski definition) is 8. The number of hydrogen-bond donors (Lipinski definition) is 0. The van der Waals surface area contributed by atoms with Crippen molar-refractivity contribution in [3.05, 3.63) is 200 Å². The molecule has 0 saturated heterocycles. The Morgan fingerprint density at radius 3 is 0.925 bits per heavy atom. The summed E-state index contributed by atoms with van der Waals surface area (Å²) in [7, 11) is -15.7. The molecule has 4 aromatic carbocycles. The highest BCUT2D eigenvalue weighted by atomic mass is 32.2. The molecule has 0 fully saturated rings. The molecule has 2 aliphatic carbocycles. The third-order valence-corrected chi connectivity index (χ3v) is 24.8. The van der Waals surface area contributed by atoms with Gasteiger partial charge in [0.15, 0.2) is 39.3 Å². The first-order valence-electron chi connectivity index (χ1n) is 28.2. The Kier molecular flexibility index (Phi) is 20.8. The maximum Gasteiger partial charge on any atom is 0.185 e. The van der Waals surface area contributed by atoms with Crippen LogP contribution in [0.5, 0.6) is 0 Å². The lowest BCUT2D eigenvalue weighted by molar-refractivity contribution is 0.353. The van der Waals surface area contributed by atoms with Gasteiger partial charge in [0.05, 0.1) is 40.6 Å². The molecular weight excluding hydrogens is 1070 g/mol. The molecule has 432 valence electrons. The van der Waals surface area contributed by atoms with Crippen LogP contribution in [0.4, 0.5) is 0 Å². The van der Waals surface area contributed by atoms with Crippen molar-refractivity contribution in [3.8, 4) is 0 Å². The van der Waals surface area contributed by atoms with Crippen LogP contribution in [-0.4, -0.2) is 54.7 Å². The molecule has 80 heavy (non-hydrogen) atoms. The van der Waals surface area contributed by atoms with Crippen LogP contribution in [0.3, 0.4) is 0 Å². The predicted octanol–water partition coefficient (Wildman–Crippen LogP) is 16.5. The van der Waals surface area contributed by atoms with Crippen LogP contribution in [-0.2, 0) is 39.3 Å². The van der Waals surface area contributed by atoms with Crippen LogP contribution in [0.15, 0.2) is 198 Å². The number of aryl methyl sites for hydroxylation is 4. The van der Waals surface area contributed by atoms with E-state index in [0.717, 1.165) is 94.2 Å². The van der Waals surface area contributed by atoms with Gasteiger partial charge < -0.3 is 0 Å². The van der Waals surface area contributed by atoms with E-state index in [1.54, 1.807) is 84.9 Å². The van der Waals surface area contributed by atoms with E-state index in [4.69, 9.17) is 0 Å². The molecule has 0 aromatic heterocycles. The van der Waals surface area contributed by atoms with E-state index in [2.05, 4.69) is 27.7 Å². The number of rotatable bonds is 22. The Balaban J connectivity index is 1.33. The van der Waals surface area contributed by atoms with E-state index in [1.165, 1.54) is 0 Å². The number of benzene rings is 4. The lowest BCUT2D eigenvalue weighted by atomic mass is 9.70.